The molecule has 0 saturated heterocycles. The van der Waals surface area contributed by atoms with E-state index in [1.165, 1.54) is 0 Å². The summed E-state index contributed by atoms with van der Waals surface area (Å²) in [4.78, 5) is 11.6. The minimum atomic E-state index is -0.0151. The summed E-state index contributed by atoms with van der Waals surface area (Å²) in [6.07, 6.45) is 0. The summed E-state index contributed by atoms with van der Waals surface area (Å²) in [6, 6.07) is 8.82. The van der Waals surface area contributed by atoms with Crippen LogP contribution in [-0.2, 0) is 0 Å². The minimum Gasteiger partial charge on any atom is -0.464 e. The van der Waals surface area contributed by atoms with Crippen molar-refractivity contribution in [1.29, 1.82) is 5.26 Å². The van der Waals surface area contributed by atoms with Crippen molar-refractivity contribution in [2.75, 3.05) is 12.3 Å². The summed E-state index contributed by atoms with van der Waals surface area (Å²) in [6.45, 7) is 2.20. The second kappa shape index (κ2) is 5.64. The molecule has 0 spiro atoms. The molecular formula is C12H11N5O2. The van der Waals surface area contributed by atoms with E-state index in [1.807, 2.05) is 6.07 Å². The molecule has 0 aliphatic rings. The lowest BCUT2D eigenvalue weighted by Crippen LogP contribution is -2.05. The number of benzene rings is 1. The summed E-state index contributed by atoms with van der Waals surface area (Å²) >= 11 is 0. The van der Waals surface area contributed by atoms with Crippen molar-refractivity contribution < 1.29 is 9.47 Å². The maximum absolute atomic E-state index is 8.96. The van der Waals surface area contributed by atoms with Gasteiger partial charge in [0.05, 0.1) is 12.2 Å². The second-order valence-corrected chi connectivity index (χ2v) is 3.40. The van der Waals surface area contributed by atoms with Crippen LogP contribution in [-0.4, -0.2) is 21.6 Å². The molecule has 0 aliphatic carbocycles. The molecule has 19 heavy (non-hydrogen) atoms. The monoisotopic (exact) mass is 257 g/mol. The Kier molecular flexibility index (Phi) is 3.73. The first-order chi connectivity index (χ1) is 9.22. The quantitative estimate of drug-likeness (QED) is 0.884. The van der Waals surface area contributed by atoms with Crippen LogP contribution in [0.15, 0.2) is 24.3 Å². The summed E-state index contributed by atoms with van der Waals surface area (Å²) in [5.41, 5.74) is 5.90. The van der Waals surface area contributed by atoms with Gasteiger partial charge in [0.2, 0.25) is 5.95 Å². The predicted octanol–water partition coefficient (Wildman–Crippen LogP) is 1.52. The standard InChI is InChI=1S/C12H11N5O2/c1-2-18-11-15-10(14)16-12(17-11)19-9-6-4-3-5-8(9)7-13/h3-6H,2H2,1H3,(H2,14,15,16,17). The van der Waals surface area contributed by atoms with E-state index in [0.717, 1.165) is 0 Å². The molecule has 0 saturated carbocycles. The van der Waals surface area contributed by atoms with Crippen molar-refractivity contribution in [3.8, 4) is 23.8 Å². The van der Waals surface area contributed by atoms with E-state index in [-0.39, 0.29) is 18.0 Å². The van der Waals surface area contributed by atoms with E-state index in [9.17, 15) is 0 Å². The minimum absolute atomic E-state index is 0.0112. The normalized spacial score (nSPS) is 9.68. The van der Waals surface area contributed by atoms with Crippen LogP contribution in [0.3, 0.4) is 0 Å². The molecule has 0 aliphatic heterocycles. The Bertz CT molecular complexity index is 624. The molecule has 2 N–H and O–H groups in total. The highest BCUT2D eigenvalue weighted by atomic mass is 16.5. The SMILES string of the molecule is CCOc1nc(N)nc(Oc2ccccc2C#N)n1. The number of hydrogen-bond acceptors (Lipinski definition) is 7. The Morgan fingerprint density at radius 1 is 1.21 bits per heavy atom. The number of rotatable bonds is 4. The third kappa shape index (κ3) is 3.07. The van der Waals surface area contributed by atoms with Crippen molar-refractivity contribution in [2.45, 2.75) is 6.92 Å². The fraction of sp³-hybridized carbons (Fsp3) is 0.167. The topological polar surface area (TPSA) is 107 Å². The molecule has 0 amide bonds. The van der Waals surface area contributed by atoms with Crippen molar-refractivity contribution in [1.82, 2.24) is 15.0 Å². The molecule has 96 valence electrons. The molecule has 0 unspecified atom stereocenters. The van der Waals surface area contributed by atoms with Gasteiger partial charge in [-0.25, -0.2) is 0 Å². The number of aromatic nitrogens is 3. The smallest absolute Gasteiger partial charge is 0.330 e. The molecule has 2 aromatic rings. The van der Waals surface area contributed by atoms with Gasteiger partial charge >= 0.3 is 12.0 Å². The highest BCUT2D eigenvalue weighted by Gasteiger charge is 2.09. The van der Waals surface area contributed by atoms with Gasteiger partial charge in [-0.2, -0.15) is 15.2 Å². The van der Waals surface area contributed by atoms with Gasteiger partial charge in [0.25, 0.3) is 0 Å². The van der Waals surface area contributed by atoms with Crippen LogP contribution in [0.4, 0.5) is 5.95 Å². The van der Waals surface area contributed by atoms with E-state index in [1.54, 1.807) is 31.2 Å². The van der Waals surface area contributed by atoms with Gasteiger partial charge in [-0.15, -0.1) is 4.98 Å². The van der Waals surface area contributed by atoms with Crippen LogP contribution in [0.5, 0.6) is 17.8 Å². The Morgan fingerprint density at radius 3 is 2.68 bits per heavy atom. The summed E-state index contributed by atoms with van der Waals surface area (Å²) in [5, 5.41) is 8.96. The Balaban J connectivity index is 2.30. The molecular weight excluding hydrogens is 246 g/mol. The van der Waals surface area contributed by atoms with E-state index < -0.39 is 0 Å². The maximum Gasteiger partial charge on any atom is 0.330 e. The number of anilines is 1. The van der Waals surface area contributed by atoms with E-state index >= 15 is 0 Å². The zero-order chi connectivity index (χ0) is 13.7. The number of nitrogens with zero attached hydrogens (tertiary/aromatic N) is 4. The largest absolute Gasteiger partial charge is 0.464 e. The molecule has 7 nitrogen and oxygen atoms in total. The van der Waals surface area contributed by atoms with Gasteiger partial charge in [0.1, 0.15) is 11.8 Å². The van der Waals surface area contributed by atoms with Gasteiger partial charge in [0.15, 0.2) is 0 Å². The van der Waals surface area contributed by atoms with Gasteiger partial charge in [0, 0.05) is 0 Å². The molecule has 0 radical (unpaired) electrons. The predicted molar refractivity (Wildman–Crippen MR) is 66.6 cm³/mol. The molecule has 0 bridgehead atoms. The zero-order valence-corrected chi connectivity index (χ0v) is 10.2. The van der Waals surface area contributed by atoms with Crippen LogP contribution < -0.4 is 15.2 Å². The maximum atomic E-state index is 8.96. The second-order valence-electron chi connectivity index (χ2n) is 3.40. The van der Waals surface area contributed by atoms with Crippen LogP contribution in [0.25, 0.3) is 0 Å². The highest BCUT2D eigenvalue weighted by Crippen LogP contribution is 2.23. The van der Waals surface area contributed by atoms with E-state index in [2.05, 4.69) is 15.0 Å². The molecule has 0 fully saturated rings. The third-order valence-corrected chi connectivity index (χ3v) is 2.09. The first-order valence-electron chi connectivity index (χ1n) is 5.54. The van der Waals surface area contributed by atoms with Gasteiger partial charge in [-0.1, -0.05) is 12.1 Å². The van der Waals surface area contributed by atoms with Gasteiger partial charge in [-0.3, -0.25) is 0 Å². The van der Waals surface area contributed by atoms with Crippen molar-refractivity contribution in [3.63, 3.8) is 0 Å². The highest BCUT2D eigenvalue weighted by molar-refractivity contribution is 5.43. The Morgan fingerprint density at radius 2 is 1.95 bits per heavy atom. The number of para-hydroxylation sites is 1. The van der Waals surface area contributed by atoms with E-state index in [4.69, 9.17) is 20.5 Å². The summed E-state index contributed by atoms with van der Waals surface area (Å²) < 4.78 is 10.6. The van der Waals surface area contributed by atoms with Crippen molar-refractivity contribution in [3.05, 3.63) is 29.8 Å². The van der Waals surface area contributed by atoms with Crippen LogP contribution in [0, 0.1) is 11.3 Å². The number of nitrogens with two attached hydrogens (primary N) is 1. The molecule has 2 rings (SSSR count). The number of nitriles is 1. The number of ether oxygens (including phenoxy) is 2. The van der Waals surface area contributed by atoms with E-state index in [0.29, 0.717) is 17.9 Å². The van der Waals surface area contributed by atoms with Crippen molar-refractivity contribution in [2.24, 2.45) is 0 Å². The van der Waals surface area contributed by atoms with Crippen molar-refractivity contribution >= 4 is 5.95 Å². The average molecular weight is 257 g/mol. The lowest BCUT2D eigenvalue weighted by Gasteiger charge is -2.07. The number of nitrogen functional groups attached to an aromatic ring is 1. The summed E-state index contributed by atoms with van der Waals surface area (Å²) in [7, 11) is 0. The van der Waals surface area contributed by atoms with Gasteiger partial charge in [-0.05, 0) is 19.1 Å². The van der Waals surface area contributed by atoms with Gasteiger partial charge < -0.3 is 15.2 Å². The van der Waals surface area contributed by atoms with Crippen LogP contribution in [0.2, 0.25) is 0 Å². The Labute approximate surface area is 109 Å². The fourth-order valence-electron chi connectivity index (χ4n) is 1.34. The molecule has 1 aromatic heterocycles. The van der Waals surface area contributed by atoms with Crippen LogP contribution in [0.1, 0.15) is 12.5 Å². The molecule has 1 aromatic carbocycles. The first-order valence-corrected chi connectivity index (χ1v) is 5.54. The van der Waals surface area contributed by atoms with Crippen LogP contribution >= 0.6 is 0 Å². The zero-order valence-electron chi connectivity index (χ0n) is 10.2. The molecule has 0 atom stereocenters. The Hall–Kier alpha value is -2.88. The average Bonchev–Trinajstić information content (AvgIpc) is 2.39. The summed E-state index contributed by atoms with van der Waals surface area (Å²) in [5.74, 6) is 0.334. The third-order valence-electron chi connectivity index (χ3n) is 2.09. The fourth-order valence-corrected chi connectivity index (χ4v) is 1.34. The first kappa shape index (κ1) is 12.6. The molecule has 7 heteroatoms. The lowest BCUT2D eigenvalue weighted by atomic mass is 10.2. The number of hydrogen-bond donors (Lipinski definition) is 1. The molecule has 1 heterocycles. The lowest BCUT2D eigenvalue weighted by molar-refractivity contribution is 0.304.